The Labute approximate surface area is 132 Å². The van der Waals surface area contributed by atoms with Gasteiger partial charge in [-0.2, -0.15) is 0 Å². The molecular weight excluding hydrogens is 394 g/mol. The largest absolute Gasteiger partial charge is 0.484 e. The van der Waals surface area contributed by atoms with Crippen molar-refractivity contribution in [3.05, 3.63) is 49.5 Å². The molecule has 1 aromatic carbocycles. The Morgan fingerprint density at radius 2 is 1.89 bits per heavy atom. The average molecular weight is 405 g/mol. The fraction of sp³-hybridized carbons (Fsp3) is 0.154. The summed E-state index contributed by atoms with van der Waals surface area (Å²) < 4.78 is 7.42. The third-order valence-corrected chi connectivity index (χ3v) is 4.42. The molecule has 0 saturated carbocycles. The molecule has 3 nitrogen and oxygen atoms in total. The van der Waals surface area contributed by atoms with Crippen LogP contribution in [0.4, 0.5) is 0 Å². The summed E-state index contributed by atoms with van der Waals surface area (Å²) in [5, 5.41) is 2.81. The standard InChI is InChI=1S/C13H11Br2NO2S/c14-9-1-3-10(4-2-9)18-8-13(17)16-7-11-5-6-12(15)19-11/h1-6H,7-8H2,(H,16,17). The van der Waals surface area contributed by atoms with E-state index in [0.717, 1.165) is 13.1 Å². The van der Waals surface area contributed by atoms with Gasteiger partial charge in [0.15, 0.2) is 6.61 Å². The minimum absolute atomic E-state index is 0.0220. The van der Waals surface area contributed by atoms with Gasteiger partial charge in [0.1, 0.15) is 5.75 Å². The monoisotopic (exact) mass is 403 g/mol. The highest BCUT2D eigenvalue weighted by atomic mass is 79.9. The van der Waals surface area contributed by atoms with E-state index in [1.165, 1.54) is 0 Å². The third-order valence-electron chi connectivity index (χ3n) is 2.27. The minimum atomic E-state index is -0.132. The maximum atomic E-state index is 11.6. The molecule has 1 N–H and O–H groups in total. The van der Waals surface area contributed by atoms with Gasteiger partial charge in [0.25, 0.3) is 5.91 Å². The highest BCUT2D eigenvalue weighted by Crippen LogP contribution is 2.21. The Hall–Kier alpha value is -0.850. The topological polar surface area (TPSA) is 38.3 Å². The molecule has 0 saturated heterocycles. The van der Waals surface area contributed by atoms with Crippen molar-refractivity contribution in [2.45, 2.75) is 6.54 Å². The van der Waals surface area contributed by atoms with Crippen LogP contribution < -0.4 is 10.1 Å². The third kappa shape index (κ3) is 4.97. The molecule has 0 aliphatic rings. The first-order valence-corrected chi connectivity index (χ1v) is 7.93. The van der Waals surface area contributed by atoms with Crippen molar-refractivity contribution < 1.29 is 9.53 Å². The molecule has 0 bridgehead atoms. The lowest BCUT2D eigenvalue weighted by Gasteiger charge is -2.06. The highest BCUT2D eigenvalue weighted by molar-refractivity contribution is 9.11. The van der Waals surface area contributed by atoms with Crippen LogP contribution in [0.15, 0.2) is 44.7 Å². The van der Waals surface area contributed by atoms with Crippen molar-refractivity contribution in [3.8, 4) is 5.75 Å². The van der Waals surface area contributed by atoms with Crippen LogP contribution in [0.3, 0.4) is 0 Å². The molecule has 0 aliphatic heterocycles. The molecule has 19 heavy (non-hydrogen) atoms. The zero-order valence-electron chi connectivity index (χ0n) is 9.86. The van der Waals surface area contributed by atoms with Crippen LogP contribution in [-0.2, 0) is 11.3 Å². The molecule has 1 heterocycles. The van der Waals surface area contributed by atoms with E-state index in [2.05, 4.69) is 37.2 Å². The van der Waals surface area contributed by atoms with Gasteiger partial charge in [-0.3, -0.25) is 4.79 Å². The van der Waals surface area contributed by atoms with Gasteiger partial charge in [0, 0.05) is 9.35 Å². The Morgan fingerprint density at radius 1 is 1.16 bits per heavy atom. The smallest absolute Gasteiger partial charge is 0.258 e. The van der Waals surface area contributed by atoms with Gasteiger partial charge < -0.3 is 10.1 Å². The summed E-state index contributed by atoms with van der Waals surface area (Å²) in [4.78, 5) is 12.7. The maximum Gasteiger partial charge on any atom is 0.258 e. The first kappa shape index (κ1) is 14.6. The average Bonchev–Trinajstić information content (AvgIpc) is 2.81. The summed E-state index contributed by atoms with van der Waals surface area (Å²) in [6, 6.07) is 11.3. The predicted octanol–water partition coefficient (Wildman–Crippen LogP) is 3.97. The number of amides is 1. The summed E-state index contributed by atoms with van der Waals surface area (Å²) in [7, 11) is 0. The molecule has 0 spiro atoms. The summed E-state index contributed by atoms with van der Waals surface area (Å²) in [5.74, 6) is 0.546. The number of carbonyl (C=O) groups is 1. The molecule has 2 rings (SSSR count). The number of halogens is 2. The summed E-state index contributed by atoms with van der Waals surface area (Å²) in [6.07, 6.45) is 0. The number of hydrogen-bond donors (Lipinski definition) is 1. The SMILES string of the molecule is O=C(COc1ccc(Br)cc1)NCc1ccc(Br)s1. The van der Waals surface area contributed by atoms with Crippen LogP contribution in [0.1, 0.15) is 4.88 Å². The van der Waals surface area contributed by atoms with Crippen LogP contribution in [0, 0.1) is 0 Å². The van der Waals surface area contributed by atoms with Gasteiger partial charge in [-0.25, -0.2) is 0 Å². The molecular formula is C13H11Br2NO2S. The number of thiophene rings is 1. The van der Waals surface area contributed by atoms with Crippen LogP contribution in [0.2, 0.25) is 0 Å². The maximum absolute atomic E-state index is 11.6. The van der Waals surface area contributed by atoms with Crippen LogP contribution in [0.5, 0.6) is 5.75 Å². The molecule has 1 amide bonds. The Morgan fingerprint density at radius 3 is 2.53 bits per heavy atom. The molecule has 0 radical (unpaired) electrons. The van der Waals surface area contributed by atoms with Gasteiger partial charge in [0.2, 0.25) is 0 Å². The number of ether oxygens (including phenoxy) is 1. The van der Waals surface area contributed by atoms with E-state index in [-0.39, 0.29) is 12.5 Å². The van der Waals surface area contributed by atoms with Gasteiger partial charge in [0.05, 0.1) is 10.3 Å². The molecule has 0 atom stereocenters. The Balaban J connectivity index is 1.74. The van der Waals surface area contributed by atoms with Crippen LogP contribution in [-0.4, -0.2) is 12.5 Å². The van der Waals surface area contributed by atoms with Crippen molar-refractivity contribution in [3.63, 3.8) is 0 Å². The minimum Gasteiger partial charge on any atom is -0.484 e. The lowest BCUT2D eigenvalue weighted by atomic mass is 10.3. The van der Waals surface area contributed by atoms with Crippen molar-refractivity contribution in [2.24, 2.45) is 0 Å². The number of nitrogens with one attached hydrogen (secondary N) is 1. The fourth-order valence-electron chi connectivity index (χ4n) is 1.36. The molecule has 0 unspecified atom stereocenters. The normalized spacial score (nSPS) is 10.2. The molecule has 100 valence electrons. The molecule has 2 aromatic rings. The van der Waals surface area contributed by atoms with E-state index < -0.39 is 0 Å². The predicted molar refractivity (Wildman–Crippen MR) is 83.5 cm³/mol. The van der Waals surface area contributed by atoms with E-state index in [4.69, 9.17) is 4.74 Å². The van der Waals surface area contributed by atoms with E-state index >= 15 is 0 Å². The second kappa shape index (κ2) is 7.07. The Kier molecular flexibility index (Phi) is 5.42. The number of carbonyl (C=O) groups excluding carboxylic acids is 1. The zero-order chi connectivity index (χ0) is 13.7. The lowest BCUT2D eigenvalue weighted by Crippen LogP contribution is -2.28. The molecule has 0 aliphatic carbocycles. The first-order chi connectivity index (χ1) is 9.13. The molecule has 1 aromatic heterocycles. The zero-order valence-corrected chi connectivity index (χ0v) is 13.8. The van der Waals surface area contributed by atoms with Gasteiger partial charge >= 0.3 is 0 Å². The second-order valence-electron chi connectivity index (χ2n) is 3.73. The van der Waals surface area contributed by atoms with E-state index in [0.29, 0.717) is 12.3 Å². The summed E-state index contributed by atoms with van der Waals surface area (Å²) >= 11 is 8.33. The van der Waals surface area contributed by atoms with Crippen molar-refractivity contribution in [2.75, 3.05) is 6.61 Å². The lowest BCUT2D eigenvalue weighted by molar-refractivity contribution is -0.123. The molecule has 6 heteroatoms. The van der Waals surface area contributed by atoms with Crippen LogP contribution >= 0.6 is 43.2 Å². The number of benzene rings is 1. The van der Waals surface area contributed by atoms with Crippen molar-refractivity contribution in [1.82, 2.24) is 5.32 Å². The fourth-order valence-corrected chi connectivity index (χ4v) is 3.05. The Bertz CT molecular complexity index is 554. The van der Waals surface area contributed by atoms with Crippen molar-refractivity contribution >= 4 is 49.1 Å². The summed E-state index contributed by atoms with van der Waals surface area (Å²) in [6.45, 7) is 0.549. The second-order valence-corrected chi connectivity index (χ2v) is 7.19. The summed E-state index contributed by atoms with van der Waals surface area (Å²) in [5.41, 5.74) is 0. The quantitative estimate of drug-likeness (QED) is 0.818. The van der Waals surface area contributed by atoms with E-state index in [1.807, 2.05) is 36.4 Å². The van der Waals surface area contributed by atoms with Gasteiger partial charge in [-0.05, 0) is 52.3 Å². The van der Waals surface area contributed by atoms with E-state index in [1.54, 1.807) is 11.3 Å². The van der Waals surface area contributed by atoms with Crippen LogP contribution in [0.25, 0.3) is 0 Å². The highest BCUT2D eigenvalue weighted by Gasteiger charge is 2.04. The van der Waals surface area contributed by atoms with Gasteiger partial charge in [-0.15, -0.1) is 11.3 Å². The number of hydrogen-bond acceptors (Lipinski definition) is 3. The van der Waals surface area contributed by atoms with E-state index in [9.17, 15) is 4.79 Å². The first-order valence-electron chi connectivity index (χ1n) is 5.53. The van der Waals surface area contributed by atoms with Crippen molar-refractivity contribution in [1.29, 1.82) is 0 Å². The number of rotatable bonds is 5. The molecule has 0 fully saturated rings. The van der Waals surface area contributed by atoms with Gasteiger partial charge in [-0.1, -0.05) is 15.9 Å².